The number of nitrogens with one attached hydrogen (secondary N) is 1. The highest BCUT2D eigenvalue weighted by Gasteiger charge is 2.41. The highest BCUT2D eigenvalue weighted by atomic mass is 16.5. The molecule has 0 aliphatic carbocycles. The van der Waals surface area contributed by atoms with Crippen molar-refractivity contribution in [3.05, 3.63) is 0 Å². The summed E-state index contributed by atoms with van der Waals surface area (Å²) >= 11 is 0. The van der Waals surface area contributed by atoms with E-state index in [1.54, 1.807) is 0 Å². The molecule has 1 saturated heterocycles. The molecule has 1 heterocycles. The molecule has 1 aliphatic rings. The Kier molecular flexibility index (Phi) is 5.71. The topological polar surface area (TPSA) is 95.9 Å². The maximum Gasteiger partial charge on any atom is 0.326 e. The number of aliphatic carboxylic acids is 1. The summed E-state index contributed by atoms with van der Waals surface area (Å²) in [5, 5.41) is 11.7. The van der Waals surface area contributed by atoms with E-state index in [1.165, 1.54) is 11.9 Å². The fraction of sp³-hybridized carbons (Fsp3) is 0.786. The number of carboxylic acid groups (broad SMARTS) is 1. The van der Waals surface area contributed by atoms with Crippen molar-refractivity contribution in [1.82, 2.24) is 10.2 Å². The highest BCUT2D eigenvalue weighted by Crippen LogP contribution is 2.25. The van der Waals surface area contributed by atoms with Crippen molar-refractivity contribution < 1.29 is 24.2 Å². The van der Waals surface area contributed by atoms with Crippen LogP contribution in [0, 0.1) is 0 Å². The first kappa shape index (κ1) is 17.4. The molecular weight excluding hydrogens is 276 g/mol. The Balaban J connectivity index is 2.67. The lowest BCUT2D eigenvalue weighted by molar-refractivity contribution is -0.148. The second kappa shape index (κ2) is 6.89. The van der Waals surface area contributed by atoms with Crippen LogP contribution in [0.3, 0.4) is 0 Å². The molecular formula is C14H24N2O5. The third kappa shape index (κ3) is 5.34. The third-order valence-corrected chi connectivity index (χ3v) is 3.23. The molecule has 0 radical (unpaired) electrons. The highest BCUT2D eigenvalue weighted by molar-refractivity contribution is 5.87. The summed E-state index contributed by atoms with van der Waals surface area (Å²) < 4.78 is 5.77. The van der Waals surface area contributed by atoms with Gasteiger partial charge in [0.15, 0.2) is 0 Å². The van der Waals surface area contributed by atoms with Gasteiger partial charge in [0.1, 0.15) is 6.04 Å². The van der Waals surface area contributed by atoms with E-state index in [-0.39, 0.29) is 43.7 Å². The van der Waals surface area contributed by atoms with Crippen LogP contribution < -0.4 is 5.32 Å². The summed E-state index contributed by atoms with van der Waals surface area (Å²) in [6.45, 7) is 5.91. The van der Waals surface area contributed by atoms with E-state index in [0.29, 0.717) is 0 Å². The Morgan fingerprint density at radius 3 is 2.38 bits per heavy atom. The van der Waals surface area contributed by atoms with Gasteiger partial charge in [-0.25, -0.2) is 4.79 Å². The number of carbonyl (C=O) groups is 3. The van der Waals surface area contributed by atoms with Gasteiger partial charge < -0.3 is 20.1 Å². The molecule has 120 valence electrons. The fourth-order valence-corrected chi connectivity index (χ4v) is 2.38. The van der Waals surface area contributed by atoms with Gasteiger partial charge in [0, 0.05) is 32.9 Å². The van der Waals surface area contributed by atoms with E-state index in [0.717, 1.165) is 0 Å². The standard InChI is InChI=1S/C14H24N2O5/c1-14(2,3)21-9-7-10(13(19)20)16(8-9)12(18)6-5-11(17)15-4/h9-10H,5-8H2,1-4H3,(H,15,17)(H,19,20)/t9-,10+/m1/s1. The normalized spacial score (nSPS) is 22.2. The molecule has 2 N–H and O–H groups in total. The number of ether oxygens (including phenoxy) is 1. The molecule has 21 heavy (non-hydrogen) atoms. The zero-order valence-corrected chi connectivity index (χ0v) is 13.0. The van der Waals surface area contributed by atoms with E-state index < -0.39 is 17.6 Å². The summed E-state index contributed by atoms with van der Waals surface area (Å²) in [5.74, 6) is -1.61. The third-order valence-electron chi connectivity index (χ3n) is 3.23. The lowest BCUT2D eigenvalue weighted by Crippen LogP contribution is -2.41. The number of rotatable bonds is 5. The van der Waals surface area contributed by atoms with Gasteiger partial charge in [-0.1, -0.05) is 0 Å². The summed E-state index contributed by atoms with van der Waals surface area (Å²) in [6, 6.07) is -0.880. The van der Waals surface area contributed by atoms with Gasteiger partial charge in [-0.15, -0.1) is 0 Å². The van der Waals surface area contributed by atoms with Crippen LogP contribution in [0.2, 0.25) is 0 Å². The van der Waals surface area contributed by atoms with Crippen LogP contribution in [0.5, 0.6) is 0 Å². The molecule has 0 spiro atoms. The van der Waals surface area contributed by atoms with Crippen LogP contribution in [0.25, 0.3) is 0 Å². The summed E-state index contributed by atoms with van der Waals surface area (Å²) in [4.78, 5) is 35.9. The van der Waals surface area contributed by atoms with E-state index >= 15 is 0 Å². The van der Waals surface area contributed by atoms with Crippen molar-refractivity contribution in [2.75, 3.05) is 13.6 Å². The first-order valence-corrected chi connectivity index (χ1v) is 7.04. The van der Waals surface area contributed by atoms with Crippen molar-refractivity contribution in [2.45, 2.75) is 57.8 Å². The summed E-state index contributed by atoms with van der Waals surface area (Å²) in [7, 11) is 1.50. The SMILES string of the molecule is CNC(=O)CCC(=O)N1C[C@H](OC(C)(C)C)C[C@H]1C(=O)O. The number of hydrogen-bond acceptors (Lipinski definition) is 4. The minimum Gasteiger partial charge on any atom is -0.480 e. The maximum atomic E-state index is 12.1. The minimum atomic E-state index is -1.04. The lowest BCUT2D eigenvalue weighted by atomic mass is 10.1. The molecule has 0 bridgehead atoms. The first-order valence-electron chi connectivity index (χ1n) is 7.04. The lowest BCUT2D eigenvalue weighted by Gasteiger charge is -2.25. The average Bonchev–Trinajstić information content (AvgIpc) is 2.77. The van der Waals surface area contributed by atoms with E-state index in [2.05, 4.69) is 5.32 Å². The molecule has 2 amide bonds. The molecule has 0 aromatic rings. The Morgan fingerprint density at radius 1 is 1.29 bits per heavy atom. The Labute approximate surface area is 124 Å². The van der Waals surface area contributed by atoms with Crippen LogP contribution in [-0.2, 0) is 19.1 Å². The second-order valence-corrected chi connectivity index (χ2v) is 6.16. The number of carboxylic acids is 1. The quantitative estimate of drug-likeness (QED) is 0.765. The zero-order chi connectivity index (χ0) is 16.2. The van der Waals surface area contributed by atoms with E-state index in [4.69, 9.17) is 4.74 Å². The predicted octanol–water partition coefficient (Wildman–Crippen LogP) is 0.382. The minimum absolute atomic E-state index is 0.00565. The predicted molar refractivity (Wildman–Crippen MR) is 75.7 cm³/mol. The monoisotopic (exact) mass is 300 g/mol. The van der Waals surface area contributed by atoms with E-state index in [9.17, 15) is 19.5 Å². The molecule has 2 atom stereocenters. The van der Waals surface area contributed by atoms with Crippen LogP contribution in [0.15, 0.2) is 0 Å². The molecule has 0 aromatic carbocycles. The summed E-state index contributed by atoms with van der Waals surface area (Å²) in [6.07, 6.45) is 0.0440. The maximum absolute atomic E-state index is 12.1. The second-order valence-electron chi connectivity index (χ2n) is 6.16. The van der Waals surface area contributed by atoms with Crippen molar-refractivity contribution in [1.29, 1.82) is 0 Å². The van der Waals surface area contributed by atoms with E-state index in [1.807, 2.05) is 20.8 Å². The molecule has 0 saturated carbocycles. The molecule has 7 nitrogen and oxygen atoms in total. The van der Waals surface area contributed by atoms with Crippen molar-refractivity contribution in [2.24, 2.45) is 0 Å². The van der Waals surface area contributed by atoms with Crippen LogP contribution in [0.4, 0.5) is 0 Å². The Hall–Kier alpha value is -1.63. The van der Waals surface area contributed by atoms with Crippen molar-refractivity contribution >= 4 is 17.8 Å². The van der Waals surface area contributed by atoms with Gasteiger partial charge in [-0.3, -0.25) is 9.59 Å². The van der Waals surface area contributed by atoms with Gasteiger partial charge in [-0.05, 0) is 20.8 Å². The zero-order valence-electron chi connectivity index (χ0n) is 13.0. The molecule has 1 aliphatic heterocycles. The number of amides is 2. The van der Waals surface area contributed by atoms with Gasteiger partial charge in [-0.2, -0.15) is 0 Å². The van der Waals surface area contributed by atoms with Crippen molar-refractivity contribution in [3.8, 4) is 0 Å². The molecule has 0 unspecified atom stereocenters. The smallest absolute Gasteiger partial charge is 0.326 e. The van der Waals surface area contributed by atoms with Crippen LogP contribution in [0.1, 0.15) is 40.0 Å². The molecule has 1 fully saturated rings. The molecule has 1 rings (SSSR count). The number of hydrogen-bond donors (Lipinski definition) is 2. The van der Waals surface area contributed by atoms with Crippen LogP contribution in [-0.4, -0.2) is 59.1 Å². The first-order chi connectivity index (χ1) is 9.64. The Morgan fingerprint density at radius 2 is 1.90 bits per heavy atom. The van der Waals surface area contributed by atoms with Gasteiger partial charge >= 0.3 is 5.97 Å². The van der Waals surface area contributed by atoms with Gasteiger partial charge in [0.05, 0.1) is 11.7 Å². The number of nitrogens with zero attached hydrogens (tertiary/aromatic N) is 1. The summed E-state index contributed by atoms with van der Waals surface area (Å²) in [5.41, 5.74) is -0.394. The van der Waals surface area contributed by atoms with Gasteiger partial charge in [0.2, 0.25) is 11.8 Å². The van der Waals surface area contributed by atoms with Gasteiger partial charge in [0.25, 0.3) is 0 Å². The number of likely N-dealkylation sites (tertiary alicyclic amines) is 1. The van der Waals surface area contributed by atoms with Crippen LogP contribution >= 0.6 is 0 Å². The molecule has 7 heteroatoms. The molecule has 0 aromatic heterocycles. The number of carbonyl (C=O) groups excluding carboxylic acids is 2. The Bertz CT molecular complexity index is 416. The average molecular weight is 300 g/mol. The van der Waals surface area contributed by atoms with Crippen molar-refractivity contribution in [3.63, 3.8) is 0 Å². The largest absolute Gasteiger partial charge is 0.480 e. The fourth-order valence-electron chi connectivity index (χ4n) is 2.38.